The summed E-state index contributed by atoms with van der Waals surface area (Å²) >= 11 is 0. The van der Waals surface area contributed by atoms with Crippen LogP contribution in [0.25, 0.3) is 0 Å². The first-order chi connectivity index (χ1) is 10.1. The molecule has 0 aromatic carbocycles. The summed E-state index contributed by atoms with van der Waals surface area (Å²) in [4.78, 5) is 28.3. The van der Waals surface area contributed by atoms with Crippen LogP contribution >= 0.6 is 0 Å². The molecule has 0 aromatic rings. The highest BCUT2D eigenvalue weighted by Crippen LogP contribution is 2.29. The van der Waals surface area contributed by atoms with Gasteiger partial charge in [-0.1, -0.05) is 6.92 Å². The Morgan fingerprint density at radius 1 is 1.24 bits per heavy atom. The Hall–Kier alpha value is -1.10. The zero-order valence-corrected chi connectivity index (χ0v) is 13.0. The minimum absolute atomic E-state index is 0.145. The average Bonchev–Trinajstić information content (AvgIpc) is 3.32. The van der Waals surface area contributed by atoms with Crippen molar-refractivity contribution in [3.05, 3.63) is 0 Å². The van der Waals surface area contributed by atoms with Crippen LogP contribution in [-0.2, 0) is 9.59 Å². The number of hydrogen-bond acceptors (Lipinski definition) is 3. The van der Waals surface area contributed by atoms with Crippen LogP contribution < -0.4 is 5.32 Å². The summed E-state index contributed by atoms with van der Waals surface area (Å²) in [5.74, 6) is 1.39. The van der Waals surface area contributed by atoms with E-state index in [1.807, 2.05) is 4.90 Å². The minimum atomic E-state index is 0.145. The van der Waals surface area contributed by atoms with E-state index in [-0.39, 0.29) is 11.8 Å². The highest BCUT2D eigenvalue weighted by Gasteiger charge is 2.37. The second-order valence-corrected chi connectivity index (χ2v) is 6.90. The summed E-state index contributed by atoms with van der Waals surface area (Å²) in [6.45, 7) is 6.09. The molecule has 2 saturated heterocycles. The molecule has 1 unspecified atom stereocenters. The first kappa shape index (κ1) is 14.8. The highest BCUT2D eigenvalue weighted by molar-refractivity contribution is 5.86. The zero-order valence-electron chi connectivity index (χ0n) is 13.0. The summed E-state index contributed by atoms with van der Waals surface area (Å²) in [7, 11) is 0. The summed E-state index contributed by atoms with van der Waals surface area (Å²) < 4.78 is 0. The Morgan fingerprint density at radius 3 is 2.57 bits per heavy atom. The monoisotopic (exact) mass is 293 g/mol. The predicted octanol–water partition coefficient (Wildman–Crippen LogP) is 0.845. The molecule has 5 heteroatoms. The SMILES string of the molecule is CC(CC(=O)N1CCN(C2CC2)C(=O)C1)C1CCNCC1. The molecular weight excluding hydrogens is 266 g/mol. The smallest absolute Gasteiger partial charge is 0.242 e. The van der Waals surface area contributed by atoms with Gasteiger partial charge in [0.05, 0.1) is 6.54 Å². The largest absolute Gasteiger partial charge is 0.336 e. The van der Waals surface area contributed by atoms with Gasteiger partial charge in [-0.15, -0.1) is 0 Å². The van der Waals surface area contributed by atoms with Gasteiger partial charge in [0.1, 0.15) is 0 Å². The van der Waals surface area contributed by atoms with Crippen molar-refractivity contribution in [2.45, 2.75) is 45.1 Å². The average molecular weight is 293 g/mol. The van der Waals surface area contributed by atoms with Gasteiger partial charge in [0.2, 0.25) is 11.8 Å². The second-order valence-electron chi connectivity index (χ2n) is 6.90. The van der Waals surface area contributed by atoms with Crippen molar-refractivity contribution in [1.29, 1.82) is 0 Å². The fourth-order valence-corrected chi connectivity index (χ4v) is 3.66. The molecule has 0 spiro atoms. The van der Waals surface area contributed by atoms with Crippen LogP contribution in [0, 0.1) is 11.8 Å². The summed E-state index contributed by atoms with van der Waals surface area (Å²) in [6.07, 6.45) is 5.23. The molecule has 1 atom stereocenters. The Morgan fingerprint density at radius 2 is 1.95 bits per heavy atom. The van der Waals surface area contributed by atoms with Crippen LogP contribution in [0.1, 0.15) is 39.0 Å². The number of piperazine rings is 1. The molecule has 3 fully saturated rings. The van der Waals surface area contributed by atoms with Gasteiger partial charge in [0.15, 0.2) is 0 Å². The lowest BCUT2D eigenvalue weighted by Crippen LogP contribution is -2.53. The summed E-state index contributed by atoms with van der Waals surface area (Å²) in [6, 6.07) is 0.475. The molecule has 1 aliphatic carbocycles. The van der Waals surface area contributed by atoms with E-state index in [1.54, 1.807) is 4.90 Å². The van der Waals surface area contributed by atoms with Gasteiger partial charge >= 0.3 is 0 Å². The first-order valence-corrected chi connectivity index (χ1v) is 8.43. The van der Waals surface area contributed by atoms with Crippen LogP contribution in [0.5, 0.6) is 0 Å². The van der Waals surface area contributed by atoms with Crippen molar-refractivity contribution in [2.24, 2.45) is 11.8 Å². The van der Waals surface area contributed by atoms with Crippen molar-refractivity contribution < 1.29 is 9.59 Å². The third-order valence-electron chi connectivity index (χ3n) is 5.28. The zero-order chi connectivity index (χ0) is 14.8. The molecule has 118 valence electrons. The van der Waals surface area contributed by atoms with Gasteiger partial charge < -0.3 is 15.1 Å². The molecule has 21 heavy (non-hydrogen) atoms. The predicted molar refractivity (Wildman–Crippen MR) is 80.7 cm³/mol. The number of piperidine rings is 1. The number of carbonyl (C=O) groups is 2. The summed E-state index contributed by atoms with van der Waals surface area (Å²) in [5.41, 5.74) is 0. The van der Waals surface area contributed by atoms with Gasteiger partial charge in [0.25, 0.3) is 0 Å². The van der Waals surface area contributed by atoms with Crippen LogP contribution in [-0.4, -0.2) is 60.4 Å². The van der Waals surface area contributed by atoms with Gasteiger partial charge in [0, 0.05) is 25.6 Å². The van der Waals surface area contributed by atoms with Crippen LogP contribution in [0.2, 0.25) is 0 Å². The Labute approximate surface area is 127 Å². The van der Waals surface area contributed by atoms with E-state index in [0.717, 1.165) is 39.0 Å². The van der Waals surface area contributed by atoms with E-state index >= 15 is 0 Å². The van der Waals surface area contributed by atoms with Crippen molar-refractivity contribution in [2.75, 3.05) is 32.7 Å². The van der Waals surface area contributed by atoms with Crippen LogP contribution in [0.3, 0.4) is 0 Å². The Bertz CT molecular complexity index is 402. The molecule has 0 aromatic heterocycles. The lowest BCUT2D eigenvalue weighted by molar-refractivity contribution is -0.146. The number of carbonyl (C=O) groups excluding carboxylic acids is 2. The molecule has 5 nitrogen and oxygen atoms in total. The maximum atomic E-state index is 12.4. The molecule has 0 radical (unpaired) electrons. The number of nitrogens with zero attached hydrogens (tertiary/aromatic N) is 2. The molecule has 0 bridgehead atoms. The lowest BCUT2D eigenvalue weighted by atomic mass is 9.84. The van der Waals surface area contributed by atoms with Gasteiger partial charge in [-0.2, -0.15) is 0 Å². The topological polar surface area (TPSA) is 52.7 Å². The quantitative estimate of drug-likeness (QED) is 0.836. The maximum Gasteiger partial charge on any atom is 0.242 e. The fourth-order valence-electron chi connectivity index (χ4n) is 3.66. The molecular formula is C16H27N3O2. The van der Waals surface area contributed by atoms with Gasteiger partial charge in [-0.05, 0) is 50.6 Å². The van der Waals surface area contributed by atoms with Crippen molar-refractivity contribution in [1.82, 2.24) is 15.1 Å². The number of rotatable bonds is 4. The molecule has 1 saturated carbocycles. The molecule has 2 amide bonds. The molecule has 1 N–H and O–H groups in total. The van der Waals surface area contributed by atoms with E-state index in [1.165, 1.54) is 12.8 Å². The van der Waals surface area contributed by atoms with Crippen LogP contribution in [0.4, 0.5) is 0 Å². The first-order valence-electron chi connectivity index (χ1n) is 8.43. The molecule has 3 rings (SSSR count). The molecule has 3 aliphatic rings. The van der Waals surface area contributed by atoms with E-state index < -0.39 is 0 Å². The minimum Gasteiger partial charge on any atom is -0.336 e. The third-order valence-corrected chi connectivity index (χ3v) is 5.28. The van der Waals surface area contributed by atoms with E-state index in [0.29, 0.717) is 30.8 Å². The number of hydrogen-bond donors (Lipinski definition) is 1. The standard InChI is InChI=1S/C16H27N3O2/c1-12(13-4-6-17-7-5-13)10-15(20)18-8-9-19(14-2-3-14)16(21)11-18/h12-14,17H,2-11H2,1H3. The number of nitrogens with one attached hydrogen (secondary N) is 1. The van der Waals surface area contributed by atoms with Gasteiger partial charge in [-0.3, -0.25) is 9.59 Å². The van der Waals surface area contributed by atoms with E-state index in [4.69, 9.17) is 0 Å². The second kappa shape index (κ2) is 6.34. The van der Waals surface area contributed by atoms with E-state index in [2.05, 4.69) is 12.2 Å². The Balaban J connectivity index is 1.47. The summed E-state index contributed by atoms with van der Waals surface area (Å²) in [5, 5.41) is 3.37. The van der Waals surface area contributed by atoms with Crippen molar-refractivity contribution in [3.8, 4) is 0 Å². The normalized spacial score (nSPS) is 26.0. The van der Waals surface area contributed by atoms with Gasteiger partial charge in [-0.25, -0.2) is 0 Å². The number of amides is 2. The van der Waals surface area contributed by atoms with E-state index in [9.17, 15) is 9.59 Å². The molecule has 2 heterocycles. The lowest BCUT2D eigenvalue weighted by Gasteiger charge is -2.36. The van der Waals surface area contributed by atoms with Crippen LogP contribution in [0.15, 0.2) is 0 Å². The highest BCUT2D eigenvalue weighted by atomic mass is 16.2. The van der Waals surface area contributed by atoms with Crippen molar-refractivity contribution in [3.63, 3.8) is 0 Å². The fraction of sp³-hybridized carbons (Fsp3) is 0.875. The van der Waals surface area contributed by atoms with Crippen molar-refractivity contribution >= 4 is 11.8 Å². The maximum absolute atomic E-state index is 12.4. The molecule has 2 aliphatic heterocycles. The Kier molecular flexibility index (Phi) is 4.48. The third kappa shape index (κ3) is 3.57.